The van der Waals surface area contributed by atoms with Gasteiger partial charge in [0.1, 0.15) is 0 Å². The molecule has 1 aliphatic rings. The molecule has 0 radical (unpaired) electrons. The van der Waals surface area contributed by atoms with Gasteiger partial charge in [-0.05, 0) is 48.4 Å². The van der Waals surface area contributed by atoms with E-state index in [0.29, 0.717) is 11.4 Å². The highest BCUT2D eigenvalue weighted by Crippen LogP contribution is 2.21. The molecule has 1 fully saturated rings. The van der Waals surface area contributed by atoms with Crippen LogP contribution in [0.1, 0.15) is 6.42 Å². The molecule has 0 bridgehead atoms. The van der Waals surface area contributed by atoms with Crippen molar-refractivity contribution in [2.45, 2.75) is 11.3 Å². The molecule has 0 aromatic heterocycles. The molecule has 0 saturated carbocycles. The number of nitrogens with one attached hydrogen (secondary N) is 1. The maximum Gasteiger partial charge on any atom is 0.240 e. The first-order valence-electron chi connectivity index (χ1n) is 10.8. The van der Waals surface area contributed by atoms with Gasteiger partial charge in [-0.2, -0.15) is 0 Å². The van der Waals surface area contributed by atoms with Gasteiger partial charge >= 0.3 is 0 Å². The van der Waals surface area contributed by atoms with Crippen molar-refractivity contribution >= 4 is 15.7 Å². The Kier molecular flexibility index (Phi) is 7.02. The van der Waals surface area contributed by atoms with E-state index in [1.807, 2.05) is 48.5 Å². The van der Waals surface area contributed by atoms with E-state index in [1.54, 1.807) is 12.1 Å². The first-order valence-corrected chi connectivity index (χ1v) is 12.3. The van der Waals surface area contributed by atoms with E-state index in [9.17, 15) is 8.42 Å². The average Bonchev–Trinajstić information content (AvgIpc) is 2.83. The van der Waals surface area contributed by atoms with Gasteiger partial charge in [0.05, 0.1) is 4.90 Å². The van der Waals surface area contributed by atoms with Gasteiger partial charge in [-0.1, -0.05) is 60.7 Å². The molecule has 1 aliphatic heterocycles. The number of sulfonamides is 1. The molecule has 5 nitrogen and oxygen atoms in total. The van der Waals surface area contributed by atoms with Gasteiger partial charge < -0.3 is 4.90 Å². The van der Waals surface area contributed by atoms with Crippen molar-refractivity contribution in [3.8, 4) is 11.1 Å². The van der Waals surface area contributed by atoms with Crippen molar-refractivity contribution in [3.63, 3.8) is 0 Å². The van der Waals surface area contributed by atoms with E-state index in [-0.39, 0.29) is 0 Å². The summed E-state index contributed by atoms with van der Waals surface area (Å²) >= 11 is 0. The van der Waals surface area contributed by atoms with Crippen LogP contribution in [0.4, 0.5) is 5.69 Å². The molecule has 1 N–H and O–H groups in total. The Balaban J connectivity index is 1.21. The summed E-state index contributed by atoms with van der Waals surface area (Å²) in [4.78, 5) is 5.12. The molecule has 1 heterocycles. The third kappa shape index (κ3) is 5.73. The van der Waals surface area contributed by atoms with Crippen molar-refractivity contribution in [1.29, 1.82) is 0 Å². The fourth-order valence-corrected chi connectivity index (χ4v) is 4.99. The summed E-state index contributed by atoms with van der Waals surface area (Å²) in [5, 5.41) is 0. The lowest BCUT2D eigenvalue weighted by Gasteiger charge is -2.36. The number of piperazine rings is 1. The van der Waals surface area contributed by atoms with Gasteiger partial charge in [0.25, 0.3) is 0 Å². The quantitative estimate of drug-likeness (QED) is 0.546. The maximum absolute atomic E-state index is 12.6. The summed E-state index contributed by atoms with van der Waals surface area (Å²) in [6.07, 6.45) is 0.798. The van der Waals surface area contributed by atoms with Crippen LogP contribution >= 0.6 is 0 Å². The zero-order valence-corrected chi connectivity index (χ0v) is 18.5. The second kappa shape index (κ2) is 10.1. The van der Waals surface area contributed by atoms with E-state index in [4.69, 9.17) is 0 Å². The Morgan fingerprint density at radius 3 is 1.94 bits per heavy atom. The SMILES string of the molecule is O=S(=O)(NCCCN1CCN(c2ccccc2)CC1)c1ccc(-c2ccccc2)cc1. The standard InChI is InChI=1S/C25H29N3O2S/c29-31(30,25-14-12-23(13-15-25)22-8-3-1-4-9-22)26-16-7-17-27-18-20-28(21-19-27)24-10-5-2-6-11-24/h1-6,8-15,26H,7,16-21H2. The molecule has 162 valence electrons. The molecule has 0 aliphatic carbocycles. The lowest BCUT2D eigenvalue weighted by atomic mass is 10.1. The minimum Gasteiger partial charge on any atom is -0.369 e. The highest BCUT2D eigenvalue weighted by Gasteiger charge is 2.17. The lowest BCUT2D eigenvalue weighted by molar-refractivity contribution is 0.255. The van der Waals surface area contributed by atoms with Gasteiger partial charge in [0, 0.05) is 38.4 Å². The van der Waals surface area contributed by atoms with E-state index in [1.165, 1.54) is 5.69 Å². The summed E-state index contributed by atoms with van der Waals surface area (Å²) < 4.78 is 27.9. The lowest BCUT2D eigenvalue weighted by Crippen LogP contribution is -2.47. The molecule has 3 aromatic carbocycles. The fraction of sp³-hybridized carbons (Fsp3) is 0.280. The molecule has 0 atom stereocenters. The van der Waals surface area contributed by atoms with Crippen molar-refractivity contribution in [3.05, 3.63) is 84.9 Å². The van der Waals surface area contributed by atoms with Crippen LogP contribution in [0.5, 0.6) is 0 Å². The Bertz CT molecular complexity index is 1050. The average molecular weight is 436 g/mol. The summed E-state index contributed by atoms with van der Waals surface area (Å²) in [5.74, 6) is 0. The van der Waals surface area contributed by atoms with Crippen LogP contribution < -0.4 is 9.62 Å². The predicted octanol–water partition coefficient (Wildman–Crippen LogP) is 3.84. The largest absolute Gasteiger partial charge is 0.369 e. The molecule has 31 heavy (non-hydrogen) atoms. The predicted molar refractivity (Wildman–Crippen MR) is 127 cm³/mol. The molecule has 1 saturated heterocycles. The topological polar surface area (TPSA) is 52.7 Å². The first kappa shape index (κ1) is 21.6. The first-order chi connectivity index (χ1) is 15.1. The van der Waals surface area contributed by atoms with Crippen molar-refractivity contribution in [2.75, 3.05) is 44.2 Å². The molecule has 3 aromatic rings. The molecule has 4 rings (SSSR count). The number of anilines is 1. The molecule has 6 heteroatoms. The second-order valence-electron chi connectivity index (χ2n) is 7.81. The van der Waals surface area contributed by atoms with Gasteiger partial charge in [-0.15, -0.1) is 0 Å². The van der Waals surface area contributed by atoms with Crippen LogP contribution in [0.2, 0.25) is 0 Å². The van der Waals surface area contributed by atoms with Crippen LogP contribution in [-0.2, 0) is 10.0 Å². The molecular formula is C25H29N3O2S. The Labute approximate surface area is 185 Å². The monoisotopic (exact) mass is 435 g/mol. The number of para-hydroxylation sites is 1. The fourth-order valence-electron chi connectivity index (χ4n) is 3.92. The van der Waals surface area contributed by atoms with Crippen molar-refractivity contribution in [2.24, 2.45) is 0 Å². The van der Waals surface area contributed by atoms with Gasteiger partial charge in [-0.25, -0.2) is 13.1 Å². The highest BCUT2D eigenvalue weighted by molar-refractivity contribution is 7.89. The maximum atomic E-state index is 12.6. The molecule has 0 spiro atoms. The minimum atomic E-state index is -3.48. The molecular weight excluding hydrogens is 406 g/mol. The van der Waals surface area contributed by atoms with Gasteiger partial charge in [0.2, 0.25) is 10.0 Å². The van der Waals surface area contributed by atoms with Crippen molar-refractivity contribution in [1.82, 2.24) is 9.62 Å². The van der Waals surface area contributed by atoms with Crippen LogP contribution in [0.25, 0.3) is 11.1 Å². The van der Waals surface area contributed by atoms with Crippen LogP contribution in [0, 0.1) is 0 Å². The summed E-state index contributed by atoms with van der Waals surface area (Å²) in [6.45, 7) is 5.36. The zero-order valence-electron chi connectivity index (χ0n) is 17.7. The smallest absolute Gasteiger partial charge is 0.240 e. The van der Waals surface area contributed by atoms with Gasteiger partial charge in [0.15, 0.2) is 0 Å². The van der Waals surface area contributed by atoms with E-state index < -0.39 is 10.0 Å². The summed E-state index contributed by atoms with van der Waals surface area (Å²) in [7, 11) is -3.48. The number of hydrogen-bond acceptors (Lipinski definition) is 4. The zero-order chi connectivity index (χ0) is 21.5. The Morgan fingerprint density at radius 1 is 0.710 bits per heavy atom. The van der Waals surface area contributed by atoms with E-state index in [2.05, 4.69) is 38.8 Å². The third-order valence-corrected chi connectivity index (χ3v) is 7.19. The van der Waals surface area contributed by atoms with E-state index >= 15 is 0 Å². The number of benzene rings is 3. The third-order valence-electron chi connectivity index (χ3n) is 5.71. The van der Waals surface area contributed by atoms with Crippen LogP contribution in [-0.4, -0.2) is 52.6 Å². The number of nitrogens with zero attached hydrogens (tertiary/aromatic N) is 2. The highest BCUT2D eigenvalue weighted by atomic mass is 32.2. The second-order valence-corrected chi connectivity index (χ2v) is 9.57. The number of rotatable bonds is 8. The Hall–Kier alpha value is -2.67. The van der Waals surface area contributed by atoms with Crippen LogP contribution in [0.15, 0.2) is 89.8 Å². The summed E-state index contributed by atoms with van der Waals surface area (Å²) in [6, 6.07) is 27.5. The van der Waals surface area contributed by atoms with Gasteiger partial charge in [-0.3, -0.25) is 4.90 Å². The van der Waals surface area contributed by atoms with Crippen molar-refractivity contribution < 1.29 is 8.42 Å². The number of hydrogen-bond donors (Lipinski definition) is 1. The minimum absolute atomic E-state index is 0.309. The molecule has 0 unspecified atom stereocenters. The Morgan fingerprint density at radius 2 is 1.29 bits per heavy atom. The summed E-state index contributed by atoms with van der Waals surface area (Å²) in [5.41, 5.74) is 3.36. The van der Waals surface area contributed by atoms with Crippen LogP contribution in [0.3, 0.4) is 0 Å². The normalized spacial score (nSPS) is 15.2. The molecule has 0 amide bonds. The van der Waals surface area contributed by atoms with E-state index in [0.717, 1.165) is 50.3 Å².